The van der Waals surface area contributed by atoms with Crippen LogP contribution in [0.1, 0.15) is 10.4 Å². The molecular weight excluding hydrogens is 248 g/mol. The SMILES string of the molecule is COc1nc2[nH]cc(C=O)c2cc1Br. The predicted octanol–water partition coefficient (Wildman–Crippen LogP) is 2.15. The summed E-state index contributed by atoms with van der Waals surface area (Å²) in [5, 5.41) is 0.785. The molecule has 2 heterocycles. The minimum atomic E-state index is 0.497. The number of hydrogen-bond donors (Lipinski definition) is 1. The molecule has 0 unspecified atom stereocenters. The lowest BCUT2D eigenvalue weighted by molar-refractivity contribution is 0.112. The molecule has 0 saturated heterocycles. The molecule has 1 N–H and O–H groups in total. The van der Waals surface area contributed by atoms with Gasteiger partial charge in [0.25, 0.3) is 0 Å². The lowest BCUT2D eigenvalue weighted by atomic mass is 10.2. The van der Waals surface area contributed by atoms with Crippen LogP contribution in [0.2, 0.25) is 0 Å². The smallest absolute Gasteiger partial charge is 0.229 e. The molecule has 72 valence electrons. The first-order valence-corrected chi connectivity index (χ1v) is 4.72. The molecule has 2 rings (SSSR count). The number of H-pyrrole nitrogens is 1. The predicted molar refractivity (Wildman–Crippen MR) is 55.7 cm³/mol. The van der Waals surface area contributed by atoms with Gasteiger partial charge in [0.15, 0.2) is 6.29 Å². The summed E-state index contributed by atoms with van der Waals surface area (Å²) in [4.78, 5) is 17.7. The fourth-order valence-corrected chi connectivity index (χ4v) is 1.75. The van der Waals surface area contributed by atoms with Crippen molar-refractivity contribution in [1.82, 2.24) is 9.97 Å². The number of aromatic nitrogens is 2. The zero-order chi connectivity index (χ0) is 10.1. The molecule has 0 aromatic carbocycles. The number of aldehydes is 1. The summed E-state index contributed by atoms with van der Waals surface area (Å²) in [5.74, 6) is 0.497. The van der Waals surface area contributed by atoms with Crippen molar-refractivity contribution in [3.05, 3.63) is 22.3 Å². The Balaban J connectivity index is 2.75. The Morgan fingerprint density at radius 2 is 2.43 bits per heavy atom. The summed E-state index contributed by atoms with van der Waals surface area (Å²) in [6, 6.07) is 1.81. The molecular formula is C9H7BrN2O2. The Labute approximate surface area is 88.4 Å². The van der Waals surface area contributed by atoms with E-state index in [0.29, 0.717) is 17.1 Å². The second-order valence-electron chi connectivity index (χ2n) is 2.74. The van der Waals surface area contributed by atoms with Gasteiger partial charge in [-0.25, -0.2) is 0 Å². The Kier molecular flexibility index (Phi) is 2.25. The van der Waals surface area contributed by atoms with Crippen LogP contribution in [0.4, 0.5) is 0 Å². The summed E-state index contributed by atoms with van der Waals surface area (Å²) in [5.41, 5.74) is 1.24. The fourth-order valence-electron chi connectivity index (χ4n) is 1.27. The number of ether oxygens (including phenoxy) is 1. The molecule has 0 aliphatic heterocycles. The zero-order valence-corrected chi connectivity index (χ0v) is 8.96. The van der Waals surface area contributed by atoms with Gasteiger partial charge in [-0.15, -0.1) is 0 Å². The second-order valence-corrected chi connectivity index (χ2v) is 3.59. The van der Waals surface area contributed by atoms with E-state index >= 15 is 0 Å². The van der Waals surface area contributed by atoms with Crippen molar-refractivity contribution < 1.29 is 9.53 Å². The van der Waals surface area contributed by atoms with Crippen molar-refractivity contribution in [2.75, 3.05) is 7.11 Å². The van der Waals surface area contributed by atoms with Crippen molar-refractivity contribution in [2.24, 2.45) is 0 Å². The van der Waals surface area contributed by atoms with E-state index in [1.165, 1.54) is 0 Å². The number of hydrogen-bond acceptors (Lipinski definition) is 3. The van der Waals surface area contributed by atoms with E-state index in [9.17, 15) is 4.79 Å². The first kappa shape index (κ1) is 9.21. The van der Waals surface area contributed by atoms with Crippen molar-refractivity contribution in [3.63, 3.8) is 0 Å². The van der Waals surface area contributed by atoms with Gasteiger partial charge < -0.3 is 9.72 Å². The van der Waals surface area contributed by atoms with Gasteiger partial charge in [0.1, 0.15) is 5.65 Å². The molecule has 0 amide bonds. The number of aromatic amines is 1. The van der Waals surface area contributed by atoms with Crippen LogP contribution in [-0.2, 0) is 0 Å². The lowest BCUT2D eigenvalue weighted by Crippen LogP contribution is -1.89. The number of nitrogens with zero attached hydrogens (tertiary/aromatic N) is 1. The largest absolute Gasteiger partial charge is 0.480 e. The Morgan fingerprint density at radius 3 is 3.07 bits per heavy atom. The average Bonchev–Trinajstić information content (AvgIpc) is 2.58. The minimum absolute atomic E-state index is 0.497. The highest BCUT2D eigenvalue weighted by molar-refractivity contribution is 9.10. The van der Waals surface area contributed by atoms with Gasteiger partial charge in [0.05, 0.1) is 11.6 Å². The molecule has 0 atom stereocenters. The van der Waals surface area contributed by atoms with Crippen molar-refractivity contribution in [2.45, 2.75) is 0 Å². The van der Waals surface area contributed by atoms with Crippen molar-refractivity contribution in [1.29, 1.82) is 0 Å². The number of halogens is 1. The molecule has 0 radical (unpaired) electrons. The molecule has 0 aliphatic carbocycles. The first-order valence-electron chi connectivity index (χ1n) is 3.93. The summed E-state index contributed by atoms with van der Waals surface area (Å²) >= 11 is 3.31. The molecule has 0 aliphatic rings. The maximum absolute atomic E-state index is 10.7. The number of carbonyl (C=O) groups is 1. The van der Waals surface area contributed by atoms with E-state index in [1.54, 1.807) is 19.4 Å². The van der Waals surface area contributed by atoms with Crippen LogP contribution >= 0.6 is 15.9 Å². The van der Waals surface area contributed by atoms with E-state index in [1.807, 2.05) is 0 Å². The van der Waals surface area contributed by atoms with Crippen LogP contribution in [0, 0.1) is 0 Å². The second kappa shape index (κ2) is 3.42. The van der Waals surface area contributed by atoms with Crippen LogP contribution in [0.25, 0.3) is 11.0 Å². The van der Waals surface area contributed by atoms with Gasteiger partial charge in [0, 0.05) is 17.1 Å². The maximum Gasteiger partial charge on any atom is 0.229 e. The van der Waals surface area contributed by atoms with Crippen LogP contribution in [0.5, 0.6) is 5.88 Å². The van der Waals surface area contributed by atoms with E-state index in [4.69, 9.17) is 4.74 Å². The third-order valence-electron chi connectivity index (χ3n) is 1.94. The Bertz CT molecular complexity index is 493. The molecule has 2 aromatic heterocycles. The molecule has 0 saturated carbocycles. The van der Waals surface area contributed by atoms with Gasteiger partial charge in [0.2, 0.25) is 5.88 Å². The van der Waals surface area contributed by atoms with E-state index < -0.39 is 0 Å². The third kappa shape index (κ3) is 1.29. The van der Waals surface area contributed by atoms with Gasteiger partial charge >= 0.3 is 0 Å². The Morgan fingerprint density at radius 1 is 1.64 bits per heavy atom. The van der Waals surface area contributed by atoms with Crippen LogP contribution < -0.4 is 4.74 Å². The van der Waals surface area contributed by atoms with Gasteiger partial charge in [-0.2, -0.15) is 4.98 Å². The average molecular weight is 255 g/mol. The van der Waals surface area contributed by atoms with Crippen molar-refractivity contribution in [3.8, 4) is 5.88 Å². The maximum atomic E-state index is 10.7. The van der Waals surface area contributed by atoms with Crippen LogP contribution in [0.3, 0.4) is 0 Å². The highest BCUT2D eigenvalue weighted by Crippen LogP contribution is 2.27. The molecule has 0 spiro atoms. The zero-order valence-electron chi connectivity index (χ0n) is 7.37. The molecule has 0 bridgehead atoms. The minimum Gasteiger partial charge on any atom is -0.480 e. The highest BCUT2D eigenvalue weighted by Gasteiger charge is 2.08. The summed E-state index contributed by atoms with van der Waals surface area (Å²) in [6.45, 7) is 0. The van der Waals surface area contributed by atoms with Crippen LogP contribution in [-0.4, -0.2) is 23.4 Å². The Hall–Kier alpha value is -1.36. The standard InChI is InChI=1S/C9H7BrN2O2/c1-14-9-7(10)2-6-5(4-13)3-11-8(6)12-9/h2-4H,1H3,(H,11,12). The number of fused-ring (bicyclic) bond motifs is 1. The lowest BCUT2D eigenvalue weighted by Gasteiger charge is -2.01. The number of methoxy groups -OCH3 is 1. The van der Waals surface area contributed by atoms with E-state index in [2.05, 4.69) is 25.9 Å². The molecule has 5 heteroatoms. The van der Waals surface area contributed by atoms with Gasteiger partial charge in [-0.3, -0.25) is 4.79 Å². The highest BCUT2D eigenvalue weighted by atomic mass is 79.9. The summed E-state index contributed by atoms with van der Waals surface area (Å²) in [6.07, 6.45) is 2.41. The van der Waals surface area contributed by atoms with Crippen molar-refractivity contribution >= 4 is 33.2 Å². The van der Waals surface area contributed by atoms with E-state index in [-0.39, 0.29) is 0 Å². The third-order valence-corrected chi connectivity index (χ3v) is 2.51. The molecule has 14 heavy (non-hydrogen) atoms. The topological polar surface area (TPSA) is 55.0 Å². The molecule has 4 nitrogen and oxygen atoms in total. The molecule has 0 fully saturated rings. The first-order chi connectivity index (χ1) is 6.76. The quantitative estimate of drug-likeness (QED) is 0.836. The van der Waals surface area contributed by atoms with Gasteiger partial charge in [-0.05, 0) is 22.0 Å². The summed E-state index contributed by atoms with van der Waals surface area (Å²) in [7, 11) is 1.54. The number of pyridine rings is 1. The summed E-state index contributed by atoms with van der Waals surface area (Å²) < 4.78 is 5.76. The normalized spacial score (nSPS) is 10.4. The fraction of sp³-hybridized carbons (Fsp3) is 0.111. The number of nitrogens with one attached hydrogen (secondary N) is 1. The van der Waals surface area contributed by atoms with Gasteiger partial charge in [-0.1, -0.05) is 0 Å². The molecule has 2 aromatic rings. The van der Waals surface area contributed by atoms with Crippen LogP contribution in [0.15, 0.2) is 16.7 Å². The number of rotatable bonds is 2. The monoisotopic (exact) mass is 254 g/mol. The van der Waals surface area contributed by atoms with E-state index in [0.717, 1.165) is 16.1 Å². The number of carbonyl (C=O) groups excluding carboxylic acids is 1.